The van der Waals surface area contributed by atoms with Crippen molar-refractivity contribution < 1.29 is 41.8 Å². The number of ether oxygens (including phenoxy) is 3. The van der Waals surface area contributed by atoms with Crippen molar-refractivity contribution in [2.45, 2.75) is 106 Å². The first kappa shape index (κ1) is 39.1. The monoisotopic (exact) mass is 804 g/mol. The van der Waals surface area contributed by atoms with E-state index in [-0.39, 0.29) is 37.4 Å². The lowest BCUT2D eigenvalue weighted by atomic mass is 9.96. The summed E-state index contributed by atoms with van der Waals surface area (Å²) in [7, 11) is -2.32. The van der Waals surface area contributed by atoms with Gasteiger partial charge >= 0.3 is 6.03 Å². The SMILES string of the molecule is C=CC1C[C@]1(NC(=O)[C@@H]1C[C@@H]2CN1C(=O)[C@H](C1CCCC1)NC(=O)N1CC[C@H](C1)OCCC/C=C/c1cc3ccc(OC)cc3nc1O2)C(=O)NS(=O)(=O)C1CC1. The van der Waals surface area contributed by atoms with Crippen LogP contribution in [-0.4, -0.2) is 115 Å². The summed E-state index contributed by atoms with van der Waals surface area (Å²) >= 11 is 0. The Labute approximate surface area is 333 Å². The number of sulfonamides is 1. The highest BCUT2D eigenvalue weighted by atomic mass is 32.2. The number of carbonyl (C=O) groups is 4. The maximum Gasteiger partial charge on any atom is 0.318 e. The largest absolute Gasteiger partial charge is 0.497 e. The number of allylic oxidation sites excluding steroid dienone is 1. The van der Waals surface area contributed by atoms with Crippen LogP contribution in [0.15, 0.2) is 43.0 Å². The van der Waals surface area contributed by atoms with Gasteiger partial charge in [0.25, 0.3) is 5.91 Å². The molecule has 2 saturated heterocycles. The van der Waals surface area contributed by atoms with E-state index in [2.05, 4.69) is 21.9 Å². The Morgan fingerprint density at radius 3 is 2.61 bits per heavy atom. The lowest BCUT2D eigenvalue weighted by Gasteiger charge is -2.33. The molecular formula is C41H52N6O9S. The molecule has 6 atom stereocenters. The zero-order valence-corrected chi connectivity index (χ0v) is 33.1. The molecule has 6 aliphatic rings. The molecule has 15 nitrogen and oxygen atoms in total. The average Bonchev–Trinajstić information content (AvgIpc) is 3.97. The van der Waals surface area contributed by atoms with Crippen LogP contribution in [0.2, 0.25) is 0 Å². The maximum absolute atomic E-state index is 14.9. The van der Waals surface area contributed by atoms with Crippen molar-refractivity contribution in [3.05, 3.63) is 48.6 Å². The van der Waals surface area contributed by atoms with Crippen LogP contribution in [0.25, 0.3) is 17.0 Å². The van der Waals surface area contributed by atoms with Gasteiger partial charge < -0.3 is 34.6 Å². The Morgan fingerprint density at radius 1 is 1.07 bits per heavy atom. The second kappa shape index (κ2) is 15.9. The van der Waals surface area contributed by atoms with Crippen LogP contribution in [-0.2, 0) is 29.1 Å². The number of rotatable bonds is 8. The van der Waals surface area contributed by atoms with E-state index in [0.717, 1.165) is 49.5 Å². The number of methoxy groups -OCH3 is 1. The summed E-state index contributed by atoms with van der Waals surface area (Å²) in [6, 6.07) is 5.23. The molecule has 57 heavy (non-hydrogen) atoms. The smallest absolute Gasteiger partial charge is 0.318 e. The number of fused-ring (bicyclic) bond motifs is 6. The van der Waals surface area contributed by atoms with Crippen LogP contribution in [0.3, 0.4) is 0 Å². The standard InChI is InChI=1S/C41H52N6O9S/c1-3-28-22-41(28,39(50)45-57(52,53)32-14-15-32)44-36(48)34-21-31-24-47(34)38(49)35(25-9-6-7-10-25)43-40(51)46-17-16-30(23-46)55-18-8-4-5-11-27-19-26-12-13-29(54-2)20-33(26)42-37(27)56-31/h3,5,11-13,19-20,25,28,30-32,34-35H,1,4,6-10,14-18,21-24H2,2H3,(H,43,51)(H,44,48)(H,45,50)/b11-5+/t28?,30-,31-,34+,35+,41-/m1/s1. The molecule has 4 heterocycles. The van der Waals surface area contributed by atoms with E-state index < -0.39 is 62.6 Å². The van der Waals surface area contributed by atoms with Crippen molar-refractivity contribution in [1.29, 1.82) is 0 Å². The Morgan fingerprint density at radius 2 is 1.88 bits per heavy atom. The van der Waals surface area contributed by atoms with Crippen molar-refractivity contribution >= 4 is 50.8 Å². The lowest BCUT2D eigenvalue weighted by molar-refractivity contribution is -0.142. The van der Waals surface area contributed by atoms with E-state index in [1.165, 1.54) is 11.0 Å². The van der Waals surface area contributed by atoms with Gasteiger partial charge in [-0.15, -0.1) is 6.58 Å². The first-order chi connectivity index (χ1) is 27.5. The fourth-order valence-corrected chi connectivity index (χ4v) is 10.2. The fourth-order valence-electron chi connectivity index (χ4n) is 8.82. The van der Waals surface area contributed by atoms with Gasteiger partial charge in [-0.25, -0.2) is 18.2 Å². The zero-order valence-electron chi connectivity index (χ0n) is 32.3. The van der Waals surface area contributed by atoms with Crippen molar-refractivity contribution in [2.75, 3.05) is 33.4 Å². The molecule has 16 heteroatoms. The highest BCUT2D eigenvalue weighted by molar-refractivity contribution is 7.91. The summed E-state index contributed by atoms with van der Waals surface area (Å²) in [4.78, 5) is 64.9. The van der Waals surface area contributed by atoms with E-state index in [1.807, 2.05) is 36.4 Å². The molecule has 1 unspecified atom stereocenters. The first-order valence-corrected chi connectivity index (χ1v) is 21.8. The van der Waals surface area contributed by atoms with Gasteiger partial charge in [0.2, 0.25) is 27.7 Å². The van der Waals surface area contributed by atoms with Gasteiger partial charge in [-0.3, -0.25) is 19.1 Å². The summed E-state index contributed by atoms with van der Waals surface area (Å²) < 4.78 is 46.1. The third-order valence-electron chi connectivity index (χ3n) is 12.4. The van der Waals surface area contributed by atoms with Gasteiger partial charge in [0, 0.05) is 49.1 Å². The molecule has 4 bridgehead atoms. The Bertz CT molecular complexity index is 2070. The number of nitrogens with zero attached hydrogens (tertiary/aromatic N) is 3. The first-order valence-electron chi connectivity index (χ1n) is 20.3. The molecule has 2 aromatic rings. The fraction of sp³-hybridized carbons (Fsp3) is 0.585. The van der Waals surface area contributed by atoms with Gasteiger partial charge in [0.1, 0.15) is 29.5 Å². The number of pyridine rings is 1. The molecular weight excluding hydrogens is 753 g/mol. The minimum Gasteiger partial charge on any atom is -0.497 e. The van der Waals surface area contributed by atoms with E-state index in [0.29, 0.717) is 56.1 Å². The predicted molar refractivity (Wildman–Crippen MR) is 211 cm³/mol. The molecule has 0 radical (unpaired) electrons. The summed E-state index contributed by atoms with van der Waals surface area (Å²) in [5.74, 6) is -1.54. The van der Waals surface area contributed by atoms with E-state index >= 15 is 0 Å². The highest BCUT2D eigenvalue weighted by Crippen LogP contribution is 2.46. The van der Waals surface area contributed by atoms with Crippen LogP contribution in [0.1, 0.15) is 76.2 Å². The number of aromatic nitrogens is 1. The Kier molecular flexibility index (Phi) is 10.9. The van der Waals surface area contributed by atoms with Crippen molar-refractivity contribution in [3.63, 3.8) is 0 Å². The van der Waals surface area contributed by atoms with Crippen LogP contribution in [0.4, 0.5) is 4.79 Å². The second-order valence-corrected chi connectivity index (χ2v) is 18.3. The molecule has 306 valence electrons. The summed E-state index contributed by atoms with van der Waals surface area (Å²) in [5.41, 5.74) is -0.177. The molecule has 8 rings (SSSR count). The lowest BCUT2D eigenvalue weighted by Crippen LogP contribution is -2.59. The summed E-state index contributed by atoms with van der Waals surface area (Å²) in [6.07, 6.45) is 11.4. The quantitative estimate of drug-likeness (QED) is 0.334. The number of benzene rings is 1. The maximum atomic E-state index is 14.9. The summed E-state index contributed by atoms with van der Waals surface area (Å²) in [5, 5.41) is 6.17. The molecule has 1 aromatic carbocycles. The molecule has 0 spiro atoms. The van der Waals surface area contributed by atoms with Crippen LogP contribution in [0.5, 0.6) is 11.6 Å². The molecule has 3 aliphatic carbocycles. The molecule has 3 N–H and O–H groups in total. The minimum absolute atomic E-state index is 0.0107. The van der Waals surface area contributed by atoms with Gasteiger partial charge in [-0.05, 0) is 75.5 Å². The van der Waals surface area contributed by atoms with E-state index in [1.54, 1.807) is 12.0 Å². The van der Waals surface area contributed by atoms with Gasteiger partial charge in [-0.2, -0.15) is 0 Å². The van der Waals surface area contributed by atoms with Crippen LogP contribution >= 0.6 is 0 Å². The molecule has 5 fully saturated rings. The van der Waals surface area contributed by atoms with Crippen molar-refractivity contribution in [3.8, 4) is 11.6 Å². The highest BCUT2D eigenvalue weighted by Gasteiger charge is 2.62. The molecule has 5 amide bonds. The topological polar surface area (TPSA) is 186 Å². The second-order valence-electron chi connectivity index (χ2n) is 16.3. The van der Waals surface area contributed by atoms with Crippen molar-refractivity contribution in [1.82, 2.24) is 30.1 Å². The predicted octanol–water partition coefficient (Wildman–Crippen LogP) is 3.43. The molecule has 3 aliphatic heterocycles. The third-order valence-corrected chi connectivity index (χ3v) is 14.2. The zero-order chi connectivity index (χ0) is 39.9. The normalized spacial score (nSPS) is 30.3. The van der Waals surface area contributed by atoms with Gasteiger partial charge in [-0.1, -0.05) is 31.1 Å². The number of hydrogen-bond donors (Lipinski definition) is 3. The van der Waals surface area contributed by atoms with Gasteiger partial charge in [0.15, 0.2) is 0 Å². The average molecular weight is 805 g/mol. The van der Waals surface area contributed by atoms with Crippen LogP contribution < -0.4 is 24.8 Å². The number of carbonyl (C=O) groups excluding carboxylic acids is 4. The Balaban J connectivity index is 1.14. The number of nitrogens with one attached hydrogen (secondary N) is 3. The number of amides is 5. The molecule has 1 aromatic heterocycles. The van der Waals surface area contributed by atoms with Crippen LogP contribution in [0, 0.1) is 11.8 Å². The van der Waals surface area contributed by atoms with E-state index in [9.17, 15) is 27.6 Å². The summed E-state index contributed by atoms with van der Waals surface area (Å²) in [6.45, 7) is 5.29. The molecule has 3 saturated carbocycles. The van der Waals surface area contributed by atoms with Crippen molar-refractivity contribution in [2.24, 2.45) is 11.8 Å². The Hall–Kier alpha value is -4.70. The number of hydrogen-bond acceptors (Lipinski definition) is 10. The number of urea groups is 1. The third kappa shape index (κ3) is 8.20. The van der Waals surface area contributed by atoms with Gasteiger partial charge in [0.05, 0.1) is 30.5 Å². The minimum atomic E-state index is -3.90. The van der Waals surface area contributed by atoms with E-state index in [4.69, 9.17) is 19.2 Å².